The van der Waals surface area contributed by atoms with Gasteiger partial charge in [0.1, 0.15) is 0 Å². The van der Waals surface area contributed by atoms with Crippen LogP contribution in [0.4, 0.5) is 0 Å². The van der Waals surface area contributed by atoms with Crippen LogP contribution in [-0.4, -0.2) is 12.2 Å². The Morgan fingerprint density at radius 3 is 2.46 bits per heavy atom. The fourth-order valence-corrected chi connectivity index (χ4v) is 3.30. The average molecular weight is 177 g/mol. The van der Waals surface area contributed by atoms with Gasteiger partial charge in [-0.2, -0.15) is 5.26 Å². The monoisotopic (exact) mass is 177 g/mol. The first-order valence-electron chi connectivity index (χ1n) is 5.42. The molecule has 70 valence electrons. The van der Waals surface area contributed by atoms with Gasteiger partial charge in [0, 0.05) is 0 Å². The Labute approximate surface area is 78.9 Å². The lowest BCUT2D eigenvalue weighted by Gasteiger charge is -2.41. The van der Waals surface area contributed by atoms with E-state index in [1.165, 1.54) is 25.7 Å². The maximum absolute atomic E-state index is 9.34. The Morgan fingerprint density at radius 2 is 2.08 bits per heavy atom. The molecule has 3 unspecified atom stereocenters. The smallest absolute Gasteiger partial charge is 0.0887 e. The van der Waals surface area contributed by atoms with E-state index in [0.717, 1.165) is 12.8 Å². The predicted octanol–water partition coefficient (Wildman–Crippen LogP) is 2.25. The highest BCUT2D eigenvalue weighted by atomic mass is 16.5. The van der Waals surface area contributed by atoms with Crippen LogP contribution in [0.15, 0.2) is 0 Å². The summed E-state index contributed by atoms with van der Waals surface area (Å²) in [6, 6.07) is 2.59. The molecule has 0 amide bonds. The van der Waals surface area contributed by atoms with Crippen molar-refractivity contribution in [3.8, 4) is 6.07 Å². The molecule has 0 radical (unpaired) electrons. The number of nitrogens with zero attached hydrogens (tertiary/aromatic N) is 1. The van der Waals surface area contributed by atoms with E-state index in [0.29, 0.717) is 12.0 Å². The van der Waals surface area contributed by atoms with Gasteiger partial charge in [0.25, 0.3) is 0 Å². The SMILES string of the molecule is N#CC1(C2CCC2)CC2CCC1O2. The zero-order chi connectivity index (χ0) is 8.89. The highest BCUT2D eigenvalue weighted by molar-refractivity contribution is 5.16. The van der Waals surface area contributed by atoms with Gasteiger partial charge in [-0.1, -0.05) is 6.42 Å². The molecule has 3 aliphatic rings. The van der Waals surface area contributed by atoms with Crippen molar-refractivity contribution in [2.75, 3.05) is 0 Å². The maximum atomic E-state index is 9.34. The summed E-state index contributed by atoms with van der Waals surface area (Å²) in [6.45, 7) is 0. The molecule has 1 aliphatic carbocycles. The molecule has 2 bridgehead atoms. The average Bonchev–Trinajstić information content (AvgIpc) is 2.60. The molecule has 2 nitrogen and oxygen atoms in total. The van der Waals surface area contributed by atoms with Crippen LogP contribution >= 0.6 is 0 Å². The van der Waals surface area contributed by atoms with Crippen LogP contribution < -0.4 is 0 Å². The Morgan fingerprint density at radius 1 is 1.23 bits per heavy atom. The van der Waals surface area contributed by atoms with E-state index in [4.69, 9.17) is 4.74 Å². The minimum atomic E-state index is -0.0683. The zero-order valence-corrected chi connectivity index (χ0v) is 7.83. The van der Waals surface area contributed by atoms with Gasteiger partial charge >= 0.3 is 0 Å². The highest BCUT2D eigenvalue weighted by Crippen LogP contribution is 2.56. The van der Waals surface area contributed by atoms with Crippen molar-refractivity contribution in [3.05, 3.63) is 0 Å². The van der Waals surface area contributed by atoms with E-state index in [2.05, 4.69) is 6.07 Å². The molecule has 1 saturated carbocycles. The van der Waals surface area contributed by atoms with Crippen molar-refractivity contribution in [2.45, 2.75) is 50.7 Å². The summed E-state index contributed by atoms with van der Waals surface area (Å²) in [5, 5.41) is 9.34. The summed E-state index contributed by atoms with van der Waals surface area (Å²) >= 11 is 0. The number of hydrogen-bond acceptors (Lipinski definition) is 2. The van der Waals surface area contributed by atoms with Crippen LogP contribution in [0.1, 0.15) is 38.5 Å². The minimum absolute atomic E-state index is 0.0683. The molecule has 2 saturated heterocycles. The molecular formula is C11H15NO. The van der Waals surface area contributed by atoms with Gasteiger partial charge in [-0.15, -0.1) is 0 Å². The van der Waals surface area contributed by atoms with Gasteiger partial charge in [-0.3, -0.25) is 0 Å². The van der Waals surface area contributed by atoms with E-state index in [9.17, 15) is 5.26 Å². The fourth-order valence-electron chi connectivity index (χ4n) is 3.30. The standard InChI is InChI=1S/C11H15NO/c12-7-11(8-2-1-3-8)6-9-4-5-10(11)13-9/h8-10H,1-6H2. The van der Waals surface area contributed by atoms with Crippen molar-refractivity contribution >= 4 is 0 Å². The van der Waals surface area contributed by atoms with E-state index >= 15 is 0 Å². The molecule has 0 aromatic rings. The second kappa shape index (κ2) is 2.48. The lowest BCUT2D eigenvalue weighted by atomic mass is 9.60. The first kappa shape index (κ1) is 7.82. The number of rotatable bonds is 1. The second-order valence-corrected chi connectivity index (χ2v) is 4.81. The number of fused-ring (bicyclic) bond motifs is 2. The summed E-state index contributed by atoms with van der Waals surface area (Å²) in [7, 11) is 0. The molecule has 2 heterocycles. The summed E-state index contributed by atoms with van der Waals surface area (Å²) in [5.41, 5.74) is -0.0683. The largest absolute Gasteiger partial charge is 0.373 e. The molecule has 2 heteroatoms. The van der Waals surface area contributed by atoms with Crippen LogP contribution in [-0.2, 0) is 4.74 Å². The first-order chi connectivity index (χ1) is 6.35. The first-order valence-corrected chi connectivity index (χ1v) is 5.42. The molecule has 2 aliphatic heterocycles. The fraction of sp³-hybridized carbons (Fsp3) is 0.909. The quantitative estimate of drug-likeness (QED) is 0.615. The van der Waals surface area contributed by atoms with Crippen molar-refractivity contribution in [3.63, 3.8) is 0 Å². The lowest BCUT2D eigenvalue weighted by molar-refractivity contribution is 0.0345. The predicted molar refractivity (Wildman–Crippen MR) is 47.9 cm³/mol. The molecule has 0 aromatic carbocycles. The molecule has 3 rings (SSSR count). The molecule has 3 fully saturated rings. The molecule has 13 heavy (non-hydrogen) atoms. The number of ether oxygens (including phenoxy) is 1. The summed E-state index contributed by atoms with van der Waals surface area (Å²) < 4.78 is 5.81. The highest BCUT2D eigenvalue weighted by Gasteiger charge is 2.57. The Kier molecular flexibility index (Phi) is 1.49. The van der Waals surface area contributed by atoms with Gasteiger partial charge in [0.05, 0.1) is 23.7 Å². The van der Waals surface area contributed by atoms with Crippen LogP contribution in [0, 0.1) is 22.7 Å². The number of hydrogen-bond donors (Lipinski definition) is 0. The van der Waals surface area contributed by atoms with E-state index in [-0.39, 0.29) is 11.5 Å². The van der Waals surface area contributed by atoms with Crippen molar-refractivity contribution in [1.29, 1.82) is 5.26 Å². The van der Waals surface area contributed by atoms with Gasteiger partial charge in [0.2, 0.25) is 0 Å². The Hall–Kier alpha value is -0.550. The normalized spacial score (nSPS) is 48.8. The molecule has 0 N–H and O–H groups in total. The third-order valence-electron chi connectivity index (χ3n) is 4.29. The van der Waals surface area contributed by atoms with E-state index < -0.39 is 0 Å². The van der Waals surface area contributed by atoms with Gasteiger partial charge in [-0.05, 0) is 38.0 Å². The van der Waals surface area contributed by atoms with Gasteiger partial charge < -0.3 is 4.74 Å². The van der Waals surface area contributed by atoms with E-state index in [1.807, 2.05) is 0 Å². The summed E-state index contributed by atoms with van der Waals surface area (Å²) in [4.78, 5) is 0. The van der Waals surface area contributed by atoms with E-state index in [1.54, 1.807) is 0 Å². The van der Waals surface area contributed by atoms with Gasteiger partial charge in [0.15, 0.2) is 0 Å². The topological polar surface area (TPSA) is 33.0 Å². The molecule has 0 aromatic heterocycles. The van der Waals surface area contributed by atoms with Crippen LogP contribution in [0.25, 0.3) is 0 Å². The molecule has 3 atom stereocenters. The van der Waals surface area contributed by atoms with Gasteiger partial charge in [-0.25, -0.2) is 0 Å². The van der Waals surface area contributed by atoms with Crippen LogP contribution in [0.2, 0.25) is 0 Å². The third kappa shape index (κ3) is 0.862. The molecular weight excluding hydrogens is 162 g/mol. The molecule has 0 spiro atoms. The summed E-state index contributed by atoms with van der Waals surface area (Å²) in [6.07, 6.45) is 7.91. The lowest BCUT2D eigenvalue weighted by Crippen LogP contribution is -2.41. The van der Waals surface area contributed by atoms with Crippen LogP contribution in [0.3, 0.4) is 0 Å². The Bertz CT molecular complexity index is 266. The minimum Gasteiger partial charge on any atom is -0.373 e. The van der Waals surface area contributed by atoms with Crippen LogP contribution in [0.5, 0.6) is 0 Å². The Balaban J connectivity index is 1.89. The van der Waals surface area contributed by atoms with Crippen molar-refractivity contribution in [1.82, 2.24) is 0 Å². The van der Waals surface area contributed by atoms with Crippen molar-refractivity contribution < 1.29 is 4.74 Å². The second-order valence-electron chi connectivity index (χ2n) is 4.81. The maximum Gasteiger partial charge on any atom is 0.0887 e. The number of nitriles is 1. The van der Waals surface area contributed by atoms with Crippen molar-refractivity contribution in [2.24, 2.45) is 11.3 Å². The third-order valence-corrected chi connectivity index (χ3v) is 4.29. The zero-order valence-electron chi connectivity index (χ0n) is 7.83. The summed E-state index contributed by atoms with van der Waals surface area (Å²) in [5.74, 6) is 0.660.